The number of hydrogen-bond acceptors (Lipinski definition) is 7. The molecule has 0 radical (unpaired) electrons. The van der Waals surface area contributed by atoms with Crippen LogP contribution in [0, 0.1) is 0 Å². The molecule has 2 atom stereocenters. The molecule has 3 aromatic carbocycles. The highest BCUT2D eigenvalue weighted by Gasteiger charge is 2.79. The highest BCUT2D eigenvalue weighted by Crippen LogP contribution is 2.61. The highest BCUT2D eigenvalue weighted by molar-refractivity contribution is 6.36. The number of rotatable bonds is 3. The van der Waals surface area contributed by atoms with Gasteiger partial charge in [-0.25, -0.2) is 4.79 Å². The molecule has 3 aliphatic rings. The maximum atomic E-state index is 13.7. The standard InChI is InChI=1S/C26H16N2O6/c1-34-25(33)15-12-10-14(11-13-15)20-26(21(29)16-6-2-3-7-17(16)22(26)30)28(20)27-23(31)18-8-4-5-9-19(18)24(27)32/h2-13,20H,1H3. The molecule has 8 heteroatoms. The predicted molar refractivity (Wildman–Crippen MR) is 117 cm³/mol. The van der Waals surface area contributed by atoms with Crippen molar-refractivity contribution in [1.29, 1.82) is 0 Å². The summed E-state index contributed by atoms with van der Waals surface area (Å²) >= 11 is 0. The van der Waals surface area contributed by atoms with E-state index in [2.05, 4.69) is 0 Å². The molecule has 0 aromatic heterocycles. The van der Waals surface area contributed by atoms with Gasteiger partial charge in [0, 0.05) is 11.1 Å². The first-order valence-corrected chi connectivity index (χ1v) is 10.6. The molecule has 0 bridgehead atoms. The number of esters is 1. The summed E-state index contributed by atoms with van der Waals surface area (Å²) in [5.74, 6) is -2.65. The quantitative estimate of drug-likeness (QED) is 0.261. The van der Waals surface area contributed by atoms with Crippen LogP contribution in [0.15, 0.2) is 72.8 Å². The fraction of sp³-hybridized carbons (Fsp3) is 0.115. The summed E-state index contributed by atoms with van der Waals surface area (Å²) in [6, 6.07) is 18.2. The van der Waals surface area contributed by atoms with Gasteiger partial charge in [0.25, 0.3) is 11.8 Å². The summed E-state index contributed by atoms with van der Waals surface area (Å²) in [4.78, 5) is 65.7. The van der Waals surface area contributed by atoms with Crippen LogP contribution in [0.4, 0.5) is 0 Å². The lowest BCUT2D eigenvalue weighted by atomic mass is 9.94. The predicted octanol–water partition coefficient (Wildman–Crippen LogP) is 2.86. The van der Waals surface area contributed by atoms with E-state index in [0.29, 0.717) is 11.1 Å². The van der Waals surface area contributed by atoms with Gasteiger partial charge in [-0.05, 0) is 29.8 Å². The second-order valence-corrected chi connectivity index (χ2v) is 8.30. The average molecular weight is 452 g/mol. The number of benzene rings is 3. The van der Waals surface area contributed by atoms with E-state index in [1.165, 1.54) is 24.3 Å². The molecule has 2 heterocycles. The van der Waals surface area contributed by atoms with Crippen LogP contribution in [-0.2, 0) is 4.74 Å². The van der Waals surface area contributed by atoms with Crippen molar-refractivity contribution >= 4 is 29.4 Å². The van der Waals surface area contributed by atoms with Crippen LogP contribution < -0.4 is 0 Å². The van der Waals surface area contributed by atoms with E-state index in [-0.39, 0.29) is 22.3 Å². The Labute approximate surface area is 193 Å². The molecule has 0 N–H and O–H groups in total. The summed E-state index contributed by atoms with van der Waals surface area (Å²) in [7, 11) is 1.27. The molecule has 3 aromatic rings. The summed E-state index contributed by atoms with van der Waals surface area (Å²) in [5.41, 5.74) is -0.0107. The number of imide groups is 1. The van der Waals surface area contributed by atoms with Crippen molar-refractivity contribution in [2.75, 3.05) is 7.11 Å². The minimum atomic E-state index is -1.75. The van der Waals surface area contributed by atoms with Gasteiger partial charge in [0.05, 0.1) is 29.8 Å². The SMILES string of the molecule is COC(=O)c1ccc(C2N(N3C(=O)c4ccccc4C3=O)C23C(=O)c2ccccc2C3=O)cc1. The first-order valence-electron chi connectivity index (χ1n) is 10.6. The van der Waals surface area contributed by atoms with Gasteiger partial charge >= 0.3 is 5.97 Å². The second-order valence-electron chi connectivity index (χ2n) is 8.30. The van der Waals surface area contributed by atoms with E-state index in [0.717, 1.165) is 5.01 Å². The molecule has 0 saturated carbocycles. The van der Waals surface area contributed by atoms with Gasteiger partial charge in [-0.15, -0.1) is 0 Å². The molecule has 2 aliphatic heterocycles. The van der Waals surface area contributed by atoms with Crippen LogP contribution in [0.2, 0.25) is 0 Å². The van der Waals surface area contributed by atoms with Crippen LogP contribution in [-0.4, -0.2) is 52.0 Å². The Kier molecular flexibility index (Phi) is 4.03. The number of fused-ring (bicyclic) bond motifs is 2. The Bertz CT molecular complexity index is 1390. The van der Waals surface area contributed by atoms with E-state index >= 15 is 0 Å². The molecule has 2 amide bonds. The third kappa shape index (κ3) is 2.32. The number of hydrogen-bond donors (Lipinski definition) is 0. The van der Waals surface area contributed by atoms with E-state index < -0.39 is 40.9 Å². The van der Waals surface area contributed by atoms with Crippen molar-refractivity contribution in [3.05, 3.63) is 106 Å². The number of carbonyl (C=O) groups is 5. The molecule has 6 rings (SSSR count). The lowest BCUT2D eigenvalue weighted by Crippen LogP contribution is -2.43. The molecule has 166 valence electrons. The maximum absolute atomic E-state index is 13.7. The minimum Gasteiger partial charge on any atom is -0.465 e. The van der Waals surface area contributed by atoms with Crippen molar-refractivity contribution in [2.45, 2.75) is 11.6 Å². The number of hydrazine groups is 1. The van der Waals surface area contributed by atoms with Crippen LogP contribution in [0.25, 0.3) is 0 Å². The van der Waals surface area contributed by atoms with Crippen LogP contribution in [0.3, 0.4) is 0 Å². The fourth-order valence-corrected chi connectivity index (χ4v) is 5.08. The topological polar surface area (TPSA) is 101 Å². The third-order valence-corrected chi connectivity index (χ3v) is 6.68. The third-order valence-electron chi connectivity index (χ3n) is 6.68. The zero-order valence-electron chi connectivity index (χ0n) is 17.8. The van der Waals surface area contributed by atoms with Crippen molar-refractivity contribution in [3.8, 4) is 0 Å². The molecule has 34 heavy (non-hydrogen) atoms. The molecular weight excluding hydrogens is 436 g/mol. The Hall–Kier alpha value is -4.43. The number of ether oxygens (including phenoxy) is 1. The summed E-state index contributed by atoms with van der Waals surface area (Å²) in [6.45, 7) is 0. The van der Waals surface area contributed by atoms with Crippen molar-refractivity contribution in [1.82, 2.24) is 10.0 Å². The van der Waals surface area contributed by atoms with Gasteiger partial charge in [0.1, 0.15) is 0 Å². The van der Waals surface area contributed by atoms with Crippen LogP contribution in [0.5, 0.6) is 0 Å². The first-order chi connectivity index (χ1) is 16.4. The Morgan fingerprint density at radius 1 is 0.735 bits per heavy atom. The number of ketones is 2. The molecule has 8 nitrogen and oxygen atoms in total. The fourth-order valence-electron chi connectivity index (χ4n) is 5.08. The smallest absolute Gasteiger partial charge is 0.337 e. The first kappa shape index (κ1) is 20.2. The molecule has 1 spiro atoms. The summed E-state index contributed by atoms with van der Waals surface area (Å²) in [5, 5.41) is 2.20. The van der Waals surface area contributed by atoms with Gasteiger partial charge in [-0.2, -0.15) is 10.0 Å². The van der Waals surface area contributed by atoms with E-state index in [4.69, 9.17) is 4.74 Å². The average Bonchev–Trinajstić information content (AvgIpc) is 3.43. The number of nitrogens with zero attached hydrogens (tertiary/aromatic N) is 2. The highest BCUT2D eigenvalue weighted by atomic mass is 16.5. The normalized spacial score (nSPS) is 21.6. The van der Waals surface area contributed by atoms with Gasteiger partial charge in [-0.3, -0.25) is 19.2 Å². The van der Waals surface area contributed by atoms with E-state index in [1.807, 2.05) is 0 Å². The van der Waals surface area contributed by atoms with Gasteiger partial charge in [0.2, 0.25) is 0 Å². The van der Waals surface area contributed by atoms with Gasteiger partial charge < -0.3 is 4.74 Å². The van der Waals surface area contributed by atoms with E-state index in [9.17, 15) is 24.0 Å². The summed E-state index contributed by atoms with van der Waals surface area (Å²) < 4.78 is 4.73. The number of amides is 2. The monoisotopic (exact) mass is 452 g/mol. The van der Waals surface area contributed by atoms with Crippen molar-refractivity contribution in [2.24, 2.45) is 0 Å². The Morgan fingerprint density at radius 3 is 1.68 bits per heavy atom. The molecule has 1 fully saturated rings. The zero-order valence-corrected chi connectivity index (χ0v) is 17.8. The number of Topliss-reactive ketones (excluding diaryl/α,β-unsaturated/α-hetero) is 2. The zero-order chi connectivity index (χ0) is 23.8. The largest absolute Gasteiger partial charge is 0.465 e. The molecular formula is C26H16N2O6. The van der Waals surface area contributed by atoms with Gasteiger partial charge in [-0.1, -0.05) is 48.5 Å². The van der Waals surface area contributed by atoms with Crippen LogP contribution in [0.1, 0.15) is 63.4 Å². The lowest BCUT2D eigenvalue weighted by Gasteiger charge is -2.18. The van der Waals surface area contributed by atoms with Gasteiger partial charge in [0.15, 0.2) is 17.1 Å². The molecule has 1 saturated heterocycles. The number of carbonyl (C=O) groups excluding carboxylic acids is 5. The maximum Gasteiger partial charge on any atom is 0.337 e. The Morgan fingerprint density at radius 2 is 1.21 bits per heavy atom. The van der Waals surface area contributed by atoms with E-state index in [1.54, 1.807) is 60.7 Å². The van der Waals surface area contributed by atoms with Crippen LogP contribution >= 0.6 is 0 Å². The second kappa shape index (κ2) is 6.79. The molecule has 1 aliphatic carbocycles. The number of methoxy groups -OCH3 is 1. The summed E-state index contributed by atoms with van der Waals surface area (Å²) in [6.07, 6.45) is 0. The van der Waals surface area contributed by atoms with Crippen molar-refractivity contribution in [3.63, 3.8) is 0 Å². The Balaban J connectivity index is 1.50. The van der Waals surface area contributed by atoms with Crippen molar-refractivity contribution < 1.29 is 28.7 Å². The minimum absolute atomic E-state index is 0.213. The lowest BCUT2D eigenvalue weighted by molar-refractivity contribution is 0.0297. The molecule has 2 unspecified atom stereocenters.